The molecule has 1 aromatic heterocycles. The quantitative estimate of drug-likeness (QED) is 0.814. The Labute approximate surface area is 116 Å². The Bertz CT molecular complexity index is 777. The van der Waals surface area contributed by atoms with Gasteiger partial charge >= 0.3 is 0 Å². The fourth-order valence-electron chi connectivity index (χ4n) is 2.50. The molecule has 0 fully saturated rings. The molecule has 20 heavy (non-hydrogen) atoms. The molecule has 0 unspecified atom stereocenters. The molecule has 0 saturated carbocycles. The van der Waals surface area contributed by atoms with Gasteiger partial charge in [-0.25, -0.2) is 0 Å². The summed E-state index contributed by atoms with van der Waals surface area (Å²) in [6, 6.07) is 10.2. The van der Waals surface area contributed by atoms with Crippen molar-refractivity contribution in [1.29, 1.82) is 0 Å². The number of H-pyrrole nitrogens is 1. The summed E-state index contributed by atoms with van der Waals surface area (Å²) in [5.74, 6) is 0.707. The van der Waals surface area contributed by atoms with Gasteiger partial charge in [-0.3, -0.25) is 10.5 Å². The highest BCUT2D eigenvalue weighted by atomic mass is 15.3. The van der Waals surface area contributed by atoms with Crippen molar-refractivity contribution in [3.8, 4) is 0 Å². The van der Waals surface area contributed by atoms with Gasteiger partial charge in [0.2, 0.25) is 0 Å². The Kier molecular flexibility index (Phi) is 2.39. The maximum atomic E-state index is 4.44. The molecule has 0 spiro atoms. The van der Waals surface area contributed by atoms with Gasteiger partial charge in [-0.1, -0.05) is 36.4 Å². The van der Waals surface area contributed by atoms with E-state index >= 15 is 0 Å². The summed E-state index contributed by atoms with van der Waals surface area (Å²) in [4.78, 5) is 0. The van der Waals surface area contributed by atoms with Crippen molar-refractivity contribution in [3.05, 3.63) is 71.5 Å². The Morgan fingerprint density at radius 2 is 2.05 bits per heavy atom. The first kappa shape index (κ1) is 11.0. The number of aromatic amines is 1. The van der Waals surface area contributed by atoms with Crippen LogP contribution in [0.15, 0.2) is 65.4 Å². The van der Waals surface area contributed by atoms with E-state index in [9.17, 15) is 0 Å². The third-order valence-corrected chi connectivity index (χ3v) is 3.43. The van der Waals surface area contributed by atoms with Crippen molar-refractivity contribution in [2.75, 3.05) is 5.43 Å². The molecule has 0 atom stereocenters. The van der Waals surface area contributed by atoms with Gasteiger partial charge in [-0.05, 0) is 28.9 Å². The molecule has 2 aliphatic carbocycles. The van der Waals surface area contributed by atoms with Gasteiger partial charge in [0, 0.05) is 17.8 Å². The summed E-state index contributed by atoms with van der Waals surface area (Å²) >= 11 is 0. The van der Waals surface area contributed by atoms with E-state index in [0.717, 1.165) is 11.3 Å². The Morgan fingerprint density at radius 1 is 1.10 bits per heavy atom. The van der Waals surface area contributed by atoms with Crippen LogP contribution in [0.2, 0.25) is 0 Å². The van der Waals surface area contributed by atoms with Crippen molar-refractivity contribution in [3.63, 3.8) is 0 Å². The van der Waals surface area contributed by atoms with Crippen LogP contribution in [-0.4, -0.2) is 15.9 Å². The molecule has 1 aromatic carbocycles. The number of aromatic nitrogens is 2. The maximum Gasteiger partial charge on any atom is 0.167 e. The molecule has 2 N–H and O–H groups in total. The first-order chi connectivity index (χ1) is 9.92. The van der Waals surface area contributed by atoms with Crippen LogP contribution in [0.5, 0.6) is 0 Å². The molecule has 0 radical (unpaired) electrons. The van der Waals surface area contributed by atoms with Crippen molar-refractivity contribution >= 4 is 23.2 Å². The number of allylic oxidation sites excluding steroid dienone is 5. The average Bonchev–Trinajstić information content (AvgIpc) is 3.12. The minimum Gasteiger partial charge on any atom is -0.284 e. The molecule has 4 heteroatoms. The molecular formula is C16H12N4. The van der Waals surface area contributed by atoms with E-state index in [1.165, 1.54) is 16.7 Å². The second kappa shape index (κ2) is 4.35. The predicted octanol–water partition coefficient (Wildman–Crippen LogP) is 3.23. The summed E-state index contributed by atoms with van der Waals surface area (Å²) in [6.45, 7) is 0. The number of nitrogens with zero attached hydrogens (tertiary/aromatic N) is 2. The summed E-state index contributed by atoms with van der Waals surface area (Å²) in [6.07, 6.45) is 10.1. The lowest BCUT2D eigenvalue weighted by Crippen LogP contribution is -2.05. The SMILES string of the molecule is C1=CC(=NNc2cc[nH]n2)C2=Cc3ccccc3C2=C1. The Hall–Kier alpha value is -2.88. The zero-order chi connectivity index (χ0) is 13.4. The van der Waals surface area contributed by atoms with Gasteiger partial charge in [-0.2, -0.15) is 10.2 Å². The average molecular weight is 260 g/mol. The second-order valence-corrected chi connectivity index (χ2v) is 4.65. The molecule has 2 aliphatic rings. The van der Waals surface area contributed by atoms with E-state index in [1.54, 1.807) is 6.20 Å². The van der Waals surface area contributed by atoms with E-state index in [2.05, 4.69) is 57.1 Å². The normalized spacial score (nSPS) is 17.5. The zero-order valence-corrected chi connectivity index (χ0v) is 10.7. The van der Waals surface area contributed by atoms with Crippen molar-refractivity contribution < 1.29 is 0 Å². The Morgan fingerprint density at radius 3 is 2.95 bits per heavy atom. The summed E-state index contributed by atoms with van der Waals surface area (Å²) < 4.78 is 0. The van der Waals surface area contributed by atoms with E-state index in [-0.39, 0.29) is 0 Å². The molecule has 0 saturated heterocycles. The molecule has 4 rings (SSSR count). The zero-order valence-electron chi connectivity index (χ0n) is 10.7. The highest BCUT2D eigenvalue weighted by molar-refractivity contribution is 6.26. The lowest BCUT2D eigenvalue weighted by Gasteiger charge is -2.11. The van der Waals surface area contributed by atoms with Crippen LogP contribution in [0, 0.1) is 0 Å². The smallest absolute Gasteiger partial charge is 0.167 e. The second-order valence-electron chi connectivity index (χ2n) is 4.65. The third kappa shape index (κ3) is 1.70. The van der Waals surface area contributed by atoms with Crippen LogP contribution < -0.4 is 5.43 Å². The van der Waals surface area contributed by atoms with Crippen molar-refractivity contribution in [2.45, 2.75) is 0 Å². The number of rotatable bonds is 2. The number of anilines is 1. The summed E-state index contributed by atoms with van der Waals surface area (Å²) in [5, 5.41) is 11.2. The van der Waals surface area contributed by atoms with Crippen molar-refractivity contribution in [2.24, 2.45) is 5.10 Å². The third-order valence-electron chi connectivity index (χ3n) is 3.43. The molecule has 0 bridgehead atoms. The maximum absolute atomic E-state index is 4.44. The minimum absolute atomic E-state index is 0.707. The predicted molar refractivity (Wildman–Crippen MR) is 81.2 cm³/mol. The van der Waals surface area contributed by atoms with E-state index in [1.807, 2.05) is 18.2 Å². The largest absolute Gasteiger partial charge is 0.284 e. The number of hydrogen-bond donors (Lipinski definition) is 2. The lowest BCUT2D eigenvalue weighted by molar-refractivity contribution is 1.08. The van der Waals surface area contributed by atoms with Crippen LogP contribution in [0.3, 0.4) is 0 Å². The molecule has 0 aliphatic heterocycles. The van der Waals surface area contributed by atoms with E-state index in [4.69, 9.17) is 0 Å². The van der Waals surface area contributed by atoms with Crippen molar-refractivity contribution in [1.82, 2.24) is 10.2 Å². The van der Waals surface area contributed by atoms with Crippen LogP contribution >= 0.6 is 0 Å². The van der Waals surface area contributed by atoms with Crippen LogP contribution in [0.4, 0.5) is 5.82 Å². The topological polar surface area (TPSA) is 53.1 Å². The highest BCUT2D eigenvalue weighted by Crippen LogP contribution is 2.37. The fourth-order valence-corrected chi connectivity index (χ4v) is 2.50. The summed E-state index contributed by atoms with van der Waals surface area (Å²) in [7, 11) is 0. The van der Waals surface area contributed by atoms with Crippen LogP contribution in [0.1, 0.15) is 11.1 Å². The summed E-state index contributed by atoms with van der Waals surface area (Å²) in [5.41, 5.74) is 8.76. The molecule has 4 nitrogen and oxygen atoms in total. The molecule has 0 amide bonds. The Balaban J connectivity index is 1.71. The van der Waals surface area contributed by atoms with Gasteiger partial charge in [-0.15, -0.1) is 0 Å². The molecular weight excluding hydrogens is 248 g/mol. The molecule has 1 heterocycles. The number of hydrazone groups is 1. The standard InChI is InChI=1S/C16H12N4/c1-2-5-12-11(4-1)10-14-13(12)6-3-7-15(14)18-20-16-8-9-17-19-16/h1-10H,(H2,17,19,20). The van der Waals surface area contributed by atoms with Gasteiger partial charge in [0.15, 0.2) is 5.82 Å². The van der Waals surface area contributed by atoms with Crippen LogP contribution in [-0.2, 0) is 0 Å². The highest BCUT2D eigenvalue weighted by Gasteiger charge is 2.22. The van der Waals surface area contributed by atoms with Gasteiger partial charge in [0.05, 0.1) is 5.71 Å². The van der Waals surface area contributed by atoms with Gasteiger partial charge < -0.3 is 0 Å². The number of nitrogens with one attached hydrogen (secondary N) is 2. The lowest BCUT2D eigenvalue weighted by atomic mass is 9.96. The molecule has 96 valence electrons. The fraction of sp³-hybridized carbons (Fsp3) is 0. The van der Waals surface area contributed by atoms with Gasteiger partial charge in [0.25, 0.3) is 0 Å². The first-order valence-electron chi connectivity index (χ1n) is 6.45. The van der Waals surface area contributed by atoms with Crippen LogP contribution in [0.25, 0.3) is 11.6 Å². The monoisotopic (exact) mass is 260 g/mol. The number of hydrogen-bond acceptors (Lipinski definition) is 3. The van der Waals surface area contributed by atoms with Gasteiger partial charge in [0.1, 0.15) is 0 Å². The van der Waals surface area contributed by atoms with E-state index < -0.39 is 0 Å². The minimum atomic E-state index is 0.707. The number of benzene rings is 1. The van der Waals surface area contributed by atoms with E-state index in [0.29, 0.717) is 5.82 Å². The molecule has 2 aromatic rings. The first-order valence-corrected chi connectivity index (χ1v) is 6.45. The number of fused-ring (bicyclic) bond motifs is 3.